The van der Waals surface area contributed by atoms with Gasteiger partial charge in [0, 0.05) is 6.21 Å². The van der Waals surface area contributed by atoms with E-state index in [0.29, 0.717) is 6.04 Å². The van der Waals surface area contributed by atoms with Crippen molar-refractivity contribution < 1.29 is 0 Å². The fourth-order valence-corrected chi connectivity index (χ4v) is 1.64. The van der Waals surface area contributed by atoms with Gasteiger partial charge >= 0.3 is 0 Å². The number of hydrogen-bond acceptors (Lipinski definition) is 1. The highest BCUT2D eigenvalue weighted by Crippen LogP contribution is 2.13. The first kappa shape index (κ1) is 9.20. The lowest BCUT2D eigenvalue weighted by Crippen LogP contribution is -2.04. The molecule has 1 aliphatic rings. The van der Waals surface area contributed by atoms with Gasteiger partial charge in [0.2, 0.25) is 0 Å². The molecular formula is C13H15N. The largest absolute Gasteiger partial charge is 0.285 e. The van der Waals surface area contributed by atoms with E-state index in [1.807, 2.05) is 24.4 Å². The van der Waals surface area contributed by atoms with Gasteiger partial charge in [0.25, 0.3) is 0 Å². The fourth-order valence-electron chi connectivity index (χ4n) is 1.64. The zero-order valence-corrected chi connectivity index (χ0v) is 8.26. The van der Waals surface area contributed by atoms with Gasteiger partial charge in [-0.05, 0) is 24.8 Å². The summed E-state index contributed by atoms with van der Waals surface area (Å²) in [5.41, 5.74) is 1.19. The van der Waals surface area contributed by atoms with Crippen LogP contribution in [0.3, 0.4) is 0 Å². The summed E-state index contributed by atoms with van der Waals surface area (Å²) in [7, 11) is 0. The van der Waals surface area contributed by atoms with Gasteiger partial charge in [0.15, 0.2) is 0 Å². The van der Waals surface area contributed by atoms with Crippen LogP contribution in [-0.2, 0) is 0 Å². The number of allylic oxidation sites excluding steroid dienone is 1. The molecule has 1 atom stereocenters. The molecule has 0 spiro atoms. The van der Waals surface area contributed by atoms with Crippen LogP contribution in [0.1, 0.15) is 24.8 Å². The summed E-state index contributed by atoms with van der Waals surface area (Å²) in [4.78, 5) is 4.54. The lowest BCUT2D eigenvalue weighted by Gasteiger charge is -2.10. The van der Waals surface area contributed by atoms with E-state index in [0.717, 1.165) is 0 Å². The van der Waals surface area contributed by atoms with E-state index in [4.69, 9.17) is 0 Å². The highest BCUT2D eigenvalue weighted by atomic mass is 14.8. The Kier molecular flexibility index (Phi) is 3.12. The molecule has 0 bridgehead atoms. The van der Waals surface area contributed by atoms with Crippen molar-refractivity contribution in [1.29, 1.82) is 0 Å². The smallest absolute Gasteiger partial charge is 0.0680 e. The maximum atomic E-state index is 4.54. The Bertz CT molecular complexity index is 324. The number of rotatable bonds is 2. The van der Waals surface area contributed by atoms with Crippen LogP contribution in [-0.4, -0.2) is 12.3 Å². The first-order valence-corrected chi connectivity index (χ1v) is 5.20. The highest BCUT2D eigenvalue weighted by Gasteiger charge is 2.04. The van der Waals surface area contributed by atoms with Crippen LogP contribution < -0.4 is 0 Å². The van der Waals surface area contributed by atoms with Gasteiger partial charge in [-0.3, -0.25) is 4.99 Å². The Labute approximate surface area is 85.2 Å². The molecule has 0 aliphatic heterocycles. The van der Waals surface area contributed by atoms with E-state index in [1.54, 1.807) is 0 Å². The van der Waals surface area contributed by atoms with Crippen LogP contribution in [0.25, 0.3) is 0 Å². The standard InChI is InChI=1S/C13H15N/c1-3-7-12(8-4-1)11-14-13-9-5-2-6-10-13/h1,3-5,7-9,11,13H,2,6,10H2/b14-11+. The number of benzene rings is 1. The lowest BCUT2D eigenvalue weighted by molar-refractivity contribution is 0.649. The zero-order valence-electron chi connectivity index (χ0n) is 8.26. The van der Waals surface area contributed by atoms with Crippen molar-refractivity contribution in [2.45, 2.75) is 25.3 Å². The van der Waals surface area contributed by atoms with Crippen LogP contribution in [0.5, 0.6) is 0 Å². The maximum Gasteiger partial charge on any atom is 0.0680 e. The van der Waals surface area contributed by atoms with Crippen molar-refractivity contribution in [2.24, 2.45) is 4.99 Å². The average Bonchev–Trinajstić information content (AvgIpc) is 2.29. The molecule has 0 aromatic heterocycles. The molecule has 0 fully saturated rings. The molecule has 0 saturated heterocycles. The van der Waals surface area contributed by atoms with E-state index in [-0.39, 0.29) is 0 Å². The molecule has 1 aliphatic carbocycles. The van der Waals surface area contributed by atoms with Gasteiger partial charge in [0.05, 0.1) is 6.04 Å². The summed E-state index contributed by atoms with van der Waals surface area (Å²) in [6, 6.07) is 10.7. The van der Waals surface area contributed by atoms with Crippen LogP contribution in [0.15, 0.2) is 47.5 Å². The van der Waals surface area contributed by atoms with E-state index < -0.39 is 0 Å². The second kappa shape index (κ2) is 4.75. The third-order valence-electron chi connectivity index (χ3n) is 2.44. The van der Waals surface area contributed by atoms with Crippen molar-refractivity contribution in [3.63, 3.8) is 0 Å². The highest BCUT2D eigenvalue weighted by molar-refractivity contribution is 5.79. The first-order valence-electron chi connectivity index (χ1n) is 5.20. The minimum atomic E-state index is 0.406. The molecule has 14 heavy (non-hydrogen) atoms. The summed E-state index contributed by atoms with van der Waals surface area (Å²) in [5, 5.41) is 0. The summed E-state index contributed by atoms with van der Waals surface area (Å²) < 4.78 is 0. The van der Waals surface area contributed by atoms with Gasteiger partial charge in [-0.15, -0.1) is 0 Å². The topological polar surface area (TPSA) is 12.4 Å². The Balaban J connectivity index is 1.99. The third-order valence-corrected chi connectivity index (χ3v) is 2.44. The van der Waals surface area contributed by atoms with Gasteiger partial charge in [-0.1, -0.05) is 42.5 Å². The number of aliphatic imine (C=N–C) groups is 1. The molecule has 1 unspecified atom stereocenters. The maximum absolute atomic E-state index is 4.54. The van der Waals surface area contributed by atoms with Crippen LogP contribution in [0, 0.1) is 0 Å². The van der Waals surface area contributed by atoms with E-state index >= 15 is 0 Å². The van der Waals surface area contributed by atoms with E-state index in [1.165, 1.54) is 24.8 Å². The van der Waals surface area contributed by atoms with Crippen molar-refractivity contribution in [3.8, 4) is 0 Å². The van der Waals surface area contributed by atoms with E-state index in [2.05, 4.69) is 29.3 Å². The SMILES string of the molecule is C1=CC(/N=C/c2ccccc2)CCC1. The predicted octanol–water partition coefficient (Wildman–Crippen LogP) is 3.21. The second-order valence-electron chi connectivity index (χ2n) is 3.62. The molecular weight excluding hydrogens is 170 g/mol. The van der Waals surface area contributed by atoms with Gasteiger partial charge in [-0.2, -0.15) is 0 Å². The first-order chi connectivity index (χ1) is 6.95. The molecule has 0 amide bonds. The zero-order chi connectivity index (χ0) is 9.64. The quantitative estimate of drug-likeness (QED) is 0.495. The van der Waals surface area contributed by atoms with Gasteiger partial charge < -0.3 is 0 Å². The number of nitrogens with zero attached hydrogens (tertiary/aromatic N) is 1. The lowest BCUT2D eigenvalue weighted by atomic mass is 10.0. The molecule has 0 radical (unpaired) electrons. The summed E-state index contributed by atoms with van der Waals surface area (Å²) in [6.45, 7) is 0. The van der Waals surface area contributed by atoms with Crippen molar-refractivity contribution in [1.82, 2.24) is 0 Å². The second-order valence-corrected chi connectivity index (χ2v) is 3.62. The van der Waals surface area contributed by atoms with Crippen molar-refractivity contribution in [3.05, 3.63) is 48.0 Å². The molecule has 1 nitrogen and oxygen atoms in total. The van der Waals surface area contributed by atoms with Crippen LogP contribution >= 0.6 is 0 Å². The summed E-state index contributed by atoms with van der Waals surface area (Å²) in [5.74, 6) is 0. The Morgan fingerprint density at radius 1 is 1.21 bits per heavy atom. The van der Waals surface area contributed by atoms with Gasteiger partial charge in [0.1, 0.15) is 0 Å². The minimum absolute atomic E-state index is 0.406. The minimum Gasteiger partial charge on any atom is -0.285 e. The predicted molar refractivity (Wildman–Crippen MR) is 60.8 cm³/mol. The Hall–Kier alpha value is -1.37. The Morgan fingerprint density at radius 2 is 2.07 bits per heavy atom. The molecule has 0 heterocycles. The van der Waals surface area contributed by atoms with E-state index in [9.17, 15) is 0 Å². The molecule has 0 N–H and O–H groups in total. The summed E-state index contributed by atoms with van der Waals surface area (Å²) >= 11 is 0. The number of hydrogen-bond donors (Lipinski definition) is 0. The Morgan fingerprint density at radius 3 is 2.79 bits per heavy atom. The molecule has 72 valence electrons. The third kappa shape index (κ3) is 2.56. The molecule has 0 saturated carbocycles. The monoisotopic (exact) mass is 185 g/mol. The van der Waals surface area contributed by atoms with Crippen LogP contribution in [0.4, 0.5) is 0 Å². The summed E-state index contributed by atoms with van der Waals surface area (Å²) in [6.07, 6.45) is 10.1. The normalized spacial score (nSPS) is 21.6. The molecule has 1 heteroatoms. The average molecular weight is 185 g/mol. The van der Waals surface area contributed by atoms with Crippen molar-refractivity contribution in [2.75, 3.05) is 0 Å². The molecule has 1 aromatic carbocycles. The van der Waals surface area contributed by atoms with Crippen molar-refractivity contribution >= 4 is 6.21 Å². The van der Waals surface area contributed by atoms with Crippen LogP contribution in [0.2, 0.25) is 0 Å². The fraction of sp³-hybridized carbons (Fsp3) is 0.308. The molecule has 1 aromatic rings. The van der Waals surface area contributed by atoms with Gasteiger partial charge in [-0.25, -0.2) is 0 Å². The molecule has 2 rings (SSSR count).